The van der Waals surface area contributed by atoms with Crippen LogP contribution >= 0.6 is 0 Å². The third kappa shape index (κ3) is 6.54. The maximum Gasteiger partial charge on any atom is 0.323 e. The van der Waals surface area contributed by atoms with Crippen LogP contribution in [0.3, 0.4) is 0 Å². The second-order valence-corrected chi connectivity index (χ2v) is 4.03. The molecule has 0 fully saturated rings. The summed E-state index contributed by atoms with van der Waals surface area (Å²) in [5.41, 5.74) is 5.15. The van der Waals surface area contributed by atoms with E-state index in [4.69, 9.17) is 10.5 Å². The van der Waals surface area contributed by atoms with Crippen molar-refractivity contribution in [3.8, 4) is 0 Å². The first-order chi connectivity index (χ1) is 5.87. The molecule has 0 amide bonds. The Morgan fingerprint density at radius 1 is 1.54 bits per heavy atom. The lowest BCUT2D eigenvalue weighted by Gasteiger charge is -2.22. The highest BCUT2D eigenvalue weighted by atomic mass is 16.6. The fraction of sp³-hybridized carbons (Fsp3) is 0.889. The number of nitrogens with one attached hydrogen (secondary N) is 1. The summed E-state index contributed by atoms with van der Waals surface area (Å²) >= 11 is 0. The Hall–Kier alpha value is -0.610. The number of carbonyl (C=O) groups is 1. The summed E-state index contributed by atoms with van der Waals surface area (Å²) in [7, 11) is 1.82. The molecule has 1 unspecified atom stereocenters. The zero-order valence-corrected chi connectivity index (χ0v) is 8.89. The molecule has 13 heavy (non-hydrogen) atoms. The number of esters is 1. The molecule has 4 nitrogen and oxygen atoms in total. The molecule has 0 aliphatic heterocycles. The van der Waals surface area contributed by atoms with Crippen LogP contribution in [0.2, 0.25) is 0 Å². The van der Waals surface area contributed by atoms with Crippen molar-refractivity contribution >= 4 is 5.97 Å². The molecule has 0 bridgehead atoms. The molecule has 78 valence electrons. The van der Waals surface area contributed by atoms with E-state index in [0.29, 0.717) is 6.42 Å². The molecule has 0 aliphatic rings. The van der Waals surface area contributed by atoms with E-state index in [1.807, 2.05) is 27.8 Å². The molecule has 0 aliphatic carbocycles. The van der Waals surface area contributed by atoms with Crippen LogP contribution in [0.5, 0.6) is 0 Å². The van der Waals surface area contributed by atoms with Crippen LogP contribution in [0.1, 0.15) is 27.2 Å². The minimum absolute atomic E-state index is 0.331. The Morgan fingerprint density at radius 2 is 2.08 bits per heavy atom. The molecular weight excluding hydrogens is 168 g/mol. The normalized spacial score (nSPS) is 13.9. The highest BCUT2D eigenvalue weighted by Gasteiger charge is 2.21. The third-order valence-corrected chi connectivity index (χ3v) is 1.41. The first-order valence-corrected chi connectivity index (χ1v) is 4.50. The zero-order valence-electron chi connectivity index (χ0n) is 8.89. The Bertz CT molecular complexity index is 163. The Balaban J connectivity index is 3.83. The Kier molecular flexibility index (Phi) is 4.95. The van der Waals surface area contributed by atoms with Gasteiger partial charge in [0.1, 0.15) is 11.6 Å². The second-order valence-electron chi connectivity index (χ2n) is 4.03. The van der Waals surface area contributed by atoms with Crippen molar-refractivity contribution in [1.82, 2.24) is 5.32 Å². The molecule has 0 aromatic carbocycles. The average molecular weight is 188 g/mol. The van der Waals surface area contributed by atoms with Gasteiger partial charge in [0.25, 0.3) is 0 Å². The van der Waals surface area contributed by atoms with Crippen LogP contribution in [0.25, 0.3) is 0 Å². The molecule has 0 aromatic heterocycles. The summed E-state index contributed by atoms with van der Waals surface area (Å²) in [5.74, 6) is -0.331. The van der Waals surface area contributed by atoms with Gasteiger partial charge in [0.05, 0.1) is 0 Å². The van der Waals surface area contributed by atoms with Gasteiger partial charge in [0, 0.05) is 0 Å². The number of hydrogen-bond donors (Lipinski definition) is 2. The Labute approximate surface area is 79.8 Å². The van der Waals surface area contributed by atoms with Gasteiger partial charge >= 0.3 is 5.97 Å². The Morgan fingerprint density at radius 3 is 2.46 bits per heavy atom. The van der Waals surface area contributed by atoms with E-state index in [-0.39, 0.29) is 5.97 Å². The van der Waals surface area contributed by atoms with Gasteiger partial charge in [0.15, 0.2) is 0 Å². The van der Waals surface area contributed by atoms with Gasteiger partial charge in [0.2, 0.25) is 0 Å². The summed E-state index contributed by atoms with van der Waals surface area (Å²) in [6.45, 7) is 6.21. The van der Waals surface area contributed by atoms with E-state index in [1.165, 1.54) is 0 Å². The highest BCUT2D eigenvalue weighted by molar-refractivity contribution is 5.75. The standard InChI is InChI=1S/C9H20N2O2/c1-9(2,3)13-8(12)7(10)5-6-11-4/h7,11H,5-6,10H2,1-4H3. The zero-order chi connectivity index (χ0) is 10.5. The molecule has 0 rings (SSSR count). The largest absolute Gasteiger partial charge is 0.459 e. The highest BCUT2D eigenvalue weighted by Crippen LogP contribution is 2.08. The van der Waals surface area contributed by atoms with Crippen LogP contribution in [0.15, 0.2) is 0 Å². The lowest BCUT2D eigenvalue weighted by molar-refractivity contribution is -0.156. The summed E-state index contributed by atoms with van der Waals surface area (Å²) in [6.07, 6.45) is 0.603. The van der Waals surface area contributed by atoms with Crippen LogP contribution in [0.4, 0.5) is 0 Å². The smallest absolute Gasteiger partial charge is 0.323 e. The van der Waals surface area contributed by atoms with Crippen molar-refractivity contribution in [1.29, 1.82) is 0 Å². The van der Waals surface area contributed by atoms with Crippen molar-refractivity contribution in [3.05, 3.63) is 0 Å². The minimum atomic E-state index is -0.522. The molecule has 3 N–H and O–H groups in total. The van der Waals surface area contributed by atoms with Crippen molar-refractivity contribution in [3.63, 3.8) is 0 Å². The van der Waals surface area contributed by atoms with E-state index in [9.17, 15) is 4.79 Å². The molecule has 0 saturated heterocycles. The fourth-order valence-electron chi connectivity index (χ4n) is 0.795. The van der Waals surface area contributed by atoms with Gasteiger partial charge in [-0.15, -0.1) is 0 Å². The first-order valence-electron chi connectivity index (χ1n) is 4.50. The molecule has 1 atom stereocenters. The molecule has 0 spiro atoms. The maximum atomic E-state index is 11.3. The topological polar surface area (TPSA) is 64.3 Å². The number of rotatable bonds is 4. The van der Waals surface area contributed by atoms with Crippen molar-refractivity contribution < 1.29 is 9.53 Å². The summed E-state index contributed by atoms with van der Waals surface area (Å²) in [6, 6.07) is -0.522. The van der Waals surface area contributed by atoms with Crippen LogP contribution in [0, 0.1) is 0 Å². The molecule has 4 heteroatoms. The SMILES string of the molecule is CNCCC(N)C(=O)OC(C)(C)C. The van der Waals surface area contributed by atoms with E-state index in [0.717, 1.165) is 6.54 Å². The van der Waals surface area contributed by atoms with Crippen molar-refractivity contribution in [2.24, 2.45) is 5.73 Å². The average Bonchev–Trinajstić information content (AvgIpc) is 1.96. The van der Waals surface area contributed by atoms with Gasteiger partial charge in [-0.05, 0) is 40.8 Å². The van der Waals surface area contributed by atoms with Crippen molar-refractivity contribution in [2.75, 3.05) is 13.6 Å². The second kappa shape index (κ2) is 5.19. The molecule has 0 radical (unpaired) electrons. The predicted octanol–water partition coefficient (Wildman–Crippen LogP) is 0.265. The van der Waals surface area contributed by atoms with Gasteiger partial charge in [-0.25, -0.2) is 0 Å². The van der Waals surface area contributed by atoms with Crippen molar-refractivity contribution in [2.45, 2.75) is 38.8 Å². The van der Waals surface area contributed by atoms with Gasteiger partial charge in [-0.3, -0.25) is 4.79 Å². The lowest BCUT2D eigenvalue weighted by atomic mass is 10.1. The number of carbonyl (C=O) groups excluding carboxylic acids is 1. The molecular formula is C9H20N2O2. The summed E-state index contributed by atoms with van der Waals surface area (Å²) in [4.78, 5) is 11.3. The predicted molar refractivity (Wildman–Crippen MR) is 52.4 cm³/mol. The van der Waals surface area contributed by atoms with Crippen LogP contribution in [-0.2, 0) is 9.53 Å². The first kappa shape index (κ1) is 12.4. The van der Waals surface area contributed by atoms with Gasteiger partial charge in [-0.1, -0.05) is 0 Å². The summed E-state index contributed by atoms with van der Waals surface area (Å²) in [5, 5.41) is 2.93. The number of ether oxygens (including phenoxy) is 1. The monoisotopic (exact) mass is 188 g/mol. The van der Waals surface area contributed by atoms with E-state index < -0.39 is 11.6 Å². The van der Waals surface area contributed by atoms with Crippen LogP contribution < -0.4 is 11.1 Å². The lowest BCUT2D eigenvalue weighted by Crippen LogP contribution is -2.38. The minimum Gasteiger partial charge on any atom is -0.459 e. The maximum absolute atomic E-state index is 11.3. The third-order valence-electron chi connectivity index (χ3n) is 1.41. The number of hydrogen-bond acceptors (Lipinski definition) is 4. The quantitative estimate of drug-likeness (QED) is 0.621. The number of nitrogens with two attached hydrogens (primary N) is 1. The molecule has 0 aromatic rings. The van der Waals surface area contributed by atoms with Gasteiger partial charge < -0.3 is 15.8 Å². The van der Waals surface area contributed by atoms with E-state index in [2.05, 4.69) is 5.32 Å². The van der Waals surface area contributed by atoms with E-state index >= 15 is 0 Å². The van der Waals surface area contributed by atoms with Gasteiger partial charge in [-0.2, -0.15) is 0 Å². The van der Waals surface area contributed by atoms with Crippen LogP contribution in [-0.4, -0.2) is 31.2 Å². The molecule has 0 saturated carbocycles. The summed E-state index contributed by atoms with van der Waals surface area (Å²) < 4.78 is 5.10. The fourth-order valence-corrected chi connectivity index (χ4v) is 0.795. The molecule has 0 heterocycles. The van der Waals surface area contributed by atoms with E-state index in [1.54, 1.807) is 0 Å².